The van der Waals surface area contributed by atoms with Crippen molar-refractivity contribution in [1.29, 1.82) is 0 Å². The first kappa shape index (κ1) is 15.8. The molecule has 1 heterocycles. The van der Waals surface area contributed by atoms with Crippen LogP contribution in [-0.2, 0) is 11.3 Å². The maximum atomic E-state index is 12.3. The highest BCUT2D eigenvalue weighted by Gasteiger charge is 2.18. The zero-order valence-electron chi connectivity index (χ0n) is 11.7. The minimum atomic E-state index is -0.161. The Hall–Kier alpha value is -1.30. The highest BCUT2D eigenvalue weighted by molar-refractivity contribution is 9.10. The van der Waals surface area contributed by atoms with Crippen molar-refractivity contribution in [3.63, 3.8) is 0 Å². The highest BCUT2D eigenvalue weighted by atomic mass is 79.9. The molecule has 0 aliphatic carbocycles. The first-order valence-electron chi connectivity index (χ1n) is 6.25. The molecule has 0 saturated heterocycles. The minimum absolute atomic E-state index is 0.0591. The molecule has 106 valence electrons. The molecule has 0 fully saturated rings. The minimum Gasteiger partial charge on any atom is -0.352 e. The van der Waals surface area contributed by atoms with Crippen molar-refractivity contribution >= 4 is 27.7 Å². The van der Waals surface area contributed by atoms with E-state index in [1.165, 1.54) is 4.90 Å². The first-order chi connectivity index (χ1) is 8.85. The zero-order valence-corrected chi connectivity index (χ0v) is 13.3. The first-order valence-corrected chi connectivity index (χ1v) is 7.05. The Morgan fingerprint density at radius 3 is 2.63 bits per heavy atom. The summed E-state index contributed by atoms with van der Waals surface area (Å²) in [6.07, 6.45) is 1.86. The number of nitrogens with one attached hydrogen (secondary N) is 1. The van der Waals surface area contributed by atoms with E-state index in [1.54, 1.807) is 13.1 Å². The van der Waals surface area contributed by atoms with Crippen LogP contribution in [0.2, 0.25) is 0 Å². The number of amides is 2. The number of halogens is 1. The molecule has 0 radical (unpaired) electrons. The van der Waals surface area contributed by atoms with Gasteiger partial charge in [-0.05, 0) is 42.8 Å². The van der Waals surface area contributed by atoms with E-state index in [4.69, 9.17) is 0 Å². The van der Waals surface area contributed by atoms with Gasteiger partial charge in [-0.15, -0.1) is 0 Å². The molecule has 0 unspecified atom stereocenters. The molecule has 0 spiro atoms. The fraction of sp³-hybridized carbons (Fsp3) is 0.538. The van der Waals surface area contributed by atoms with Crippen LogP contribution in [0.1, 0.15) is 31.3 Å². The summed E-state index contributed by atoms with van der Waals surface area (Å²) >= 11 is 3.35. The molecule has 1 aromatic heterocycles. The van der Waals surface area contributed by atoms with Gasteiger partial charge in [-0.3, -0.25) is 9.59 Å². The average Bonchev–Trinajstić information content (AvgIpc) is 2.68. The van der Waals surface area contributed by atoms with Crippen LogP contribution in [-0.4, -0.2) is 40.9 Å². The number of nitrogens with zero attached hydrogens (tertiary/aromatic N) is 2. The van der Waals surface area contributed by atoms with Crippen LogP contribution in [0.4, 0.5) is 0 Å². The van der Waals surface area contributed by atoms with Crippen LogP contribution in [0.25, 0.3) is 0 Å². The van der Waals surface area contributed by atoms with Crippen LogP contribution in [0, 0.1) is 0 Å². The smallest absolute Gasteiger partial charge is 0.270 e. The average molecular weight is 330 g/mol. The number of likely N-dealkylation sites (N-methyl/N-ethyl adjacent to an activating group) is 1. The lowest BCUT2D eigenvalue weighted by molar-refractivity contribution is -0.122. The lowest BCUT2D eigenvalue weighted by Crippen LogP contribution is -2.41. The van der Waals surface area contributed by atoms with Crippen molar-refractivity contribution in [2.45, 2.75) is 33.4 Å². The maximum Gasteiger partial charge on any atom is 0.270 e. The van der Waals surface area contributed by atoms with Crippen LogP contribution in [0.3, 0.4) is 0 Å². The number of aromatic nitrogens is 1. The van der Waals surface area contributed by atoms with Gasteiger partial charge in [-0.2, -0.15) is 0 Å². The van der Waals surface area contributed by atoms with E-state index < -0.39 is 0 Å². The maximum absolute atomic E-state index is 12.3. The van der Waals surface area contributed by atoms with Crippen molar-refractivity contribution < 1.29 is 9.59 Å². The Morgan fingerprint density at radius 2 is 2.11 bits per heavy atom. The molecule has 1 N–H and O–H groups in total. The molecule has 6 heteroatoms. The number of carbonyl (C=O) groups is 2. The van der Waals surface area contributed by atoms with Gasteiger partial charge in [0.05, 0.1) is 6.54 Å². The van der Waals surface area contributed by atoms with E-state index in [0.717, 1.165) is 4.47 Å². The Kier molecular flexibility index (Phi) is 5.60. The quantitative estimate of drug-likeness (QED) is 0.896. The van der Waals surface area contributed by atoms with Gasteiger partial charge in [-0.25, -0.2) is 0 Å². The van der Waals surface area contributed by atoms with Crippen LogP contribution >= 0.6 is 15.9 Å². The molecule has 0 aliphatic heterocycles. The summed E-state index contributed by atoms with van der Waals surface area (Å²) in [6, 6.07) is 1.84. The van der Waals surface area contributed by atoms with Gasteiger partial charge in [-0.1, -0.05) is 0 Å². The van der Waals surface area contributed by atoms with Crippen molar-refractivity contribution in [2.75, 3.05) is 13.6 Å². The molecule has 0 aromatic carbocycles. The monoisotopic (exact) mass is 329 g/mol. The van der Waals surface area contributed by atoms with Gasteiger partial charge < -0.3 is 14.8 Å². The van der Waals surface area contributed by atoms with Gasteiger partial charge in [0.1, 0.15) is 5.69 Å². The number of hydrogen-bond donors (Lipinski definition) is 1. The van der Waals surface area contributed by atoms with Crippen molar-refractivity contribution in [2.24, 2.45) is 0 Å². The van der Waals surface area contributed by atoms with Crippen LogP contribution in [0.5, 0.6) is 0 Å². The van der Waals surface area contributed by atoms with Crippen molar-refractivity contribution in [3.05, 3.63) is 22.4 Å². The van der Waals surface area contributed by atoms with Gasteiger partial charge >= 0.3 is 0 Å². The van der Waals surface area contributed by atoms with Gasteiger partial charge in [0, 0.05) is 30.3 Å². The van der Waals surface area contributed by atoms with E-state index in [2.05, 4.69) is 21.2 Å². The second kappa shape index (κ2) is 6.75. The van der Waals surface area contributed by atoms with Crippen molar-refractivity contribution in [3.8, 4) is 0 Å². The van der Waals surface area contributed by atoms with E-state index in [0.29, 0.717) is 12.2 Å². The Bertz CT molecular complexity index is 468. The third kappa shape index (κ3) is 4.38. The fourth-order valence-electron chi connectivity index (χ4n) is 1.77. The summed E-state index contributed by atoms with van der Waals surface area (Å²) in [5.74, 6) is -0.314. The topological polar surface area (TPSA) is 54.3 Å². The van der Waals surface area contributed by atoms with E-state index >= 15 is 0 Å². The van der Waals surface area contributed by atoms with Gasteiger partial charge in [0.25, 0.3) is 5.91 Å². The Morgan fingerprint density at radius 1 is 1.47 bits per heavy atom. The molecule has 0 aliphatic rings. The van der Waals surface area contributed by atoms with Crippen molar-refractivity contribution in [1.82, 2.24) is 14.8 Å². The predicted molar refractivity (Wildman–Crippen MR) is 78.0 cm³/mol. The lowest BCUT2D eigenvalue weighted by Gasteiger charge is -2.18. The molecule has 0 bridgehead atoms. The molecule has 0 saturated carbocycles. The van der Waals surface area contributed by atoms with Crippen LogP contribution < -0.4 is 5.32 Å². The summed E-state index contributed by atoms with van der Waals surface area (Å²) in [6.45, 7) is 6.51. The summed E-state index contributed by atoms with van der Waals surface area (Å²) in [7, 11) is 1.63. The standard InChI is InChI=1S/C13H20BrN3O2/c1-5-17-7-10(14)6-11(17)13(19)16(4)8-12(18)15-9(2)3/h6-7,9H,5,8H2,1-4H3,(H,15,18). The number of rotatable bonds is 5. The summed E-state index contributed by atoms with van der Waals surface area (Å²) in [5.41, 5.74) is 0.578. The SMILES string of the molecule is CCn1cc(Br)cc1C(=O)N(C)CC(=O)NC(C)C. The lowest BCUT2D eigenvalue weighted by atomic mass is 10.3. The summed E-state index contributed by atoms with van der Waals surface area (Å²) < 4.78 is 2.71. The van der Waals surface area contributed by atoms with E-state index in [9.17, 15) is 9.59 Å². The summed E-state index contributed by atoms with van der Waals surface area (Å²) in [4.78, 5) is 25.3. The molecule has 19 heavy (non-hydrogen) atoms. The van der Waals surface area contributed by atoms with Gasteiger partial charge in [0.15, 0.2) is 0 Å². The molecule has 1 rings (SSSR count). The third-order valence-electron chi connectivity index (χ3n) is 2.60. The number of carbonyl (C=O) groups excluding carboxylic acids is 2. The van der Waals surface area contributed by atoms with Crippen LogP contribution in [0.15, 0.2) is 16.7 Å². The molecular formula is C13H20BrN3O2. The van der Waals surface area contributed by atoms with Gasteiger partial charge in [0.2, 0.25) is 5.91 Å². The predicted octanol–water partition coefficient (Wildman–Crippen LogP) is 1.87. The molecular weight excluding hydrogens is 310 g/mol. The third-order valence-corrected chi connectivity index (χ3v) is 3.03. The largest absolute Gasteiger partial charge is 0.352 e. The Labute approximate surface area is 122 Å². The highest BCUT2D eigenvalue weighted by Crippen LogP contribution is 2.16. The zero-order chi connectivity index (χ0) is 14.6. The second-order valence-electron chi connectivity index (χ2n) is 4.71. The number of aryl methyl sites for hydroxylation is 1. The normalized spacial score (nSPS) is 10.6. The fourth-order valence-corrected chi connectivity index (χ4v) is 2.23. The molecule has 0 atom stereocenters. The number of hydrogen-bond acceptors (Lipinski definition) is 2. The molecule has 5 nitrogen and oxygen atoms in total. The summed E-state index contributed by atoms with van der Waals surface area (Å²) in [5, 5.41) is 2.76. The van der Waals surface area contributed by atoms with E-state index in [-0.39, 0.29) is 24.4 Å². The molecule has 1 aromatic rings. The van der Waals surface area contributed by atoms with E-state index in [1.807, 2.05) is 31.5 Å². The second-order valence-corrected chi connectivity index (χ2v) is 5.63. The molecule has 2 amide bonds. The Balaban J connectivity index is 2.73.